The van der Waals surface area contributed by atoms with Crippen molar-refractivity contribution in [2.24, 2.45) is 0 Å². The molecule has 0 atom stereocenters. The Labute approximate surface area is 159 Å². The number of aromatic nitrogens is 1. The highest BCUT2D eigenvalue weighted by Crippen LogP contribution is 2.23. The van der Waals surface area contributed by atoms with E-state index >= 15 is 0 Å². The third kappa shape index (κ3) is 3.27. The summed E-state index contributed by atoms with van der Waals surface area (Å²) in [6.45, 7) is 3.67. The van der Waals surface area contributed by atoms with Crippen molar-refractivity contribution in [3.63, 3.8) is 0 Å². The van der Waals surface area contributed by atoms with Crippen LogP contribution >= 0.6 is 0 Å². The molecule has 0 spiro atoms. The molecular formula is C23H24N2O2. The summed E-state index contributed by atoms with van der Waals surface area (Å²) in [6.07, 6.45) is 4.07. The number of para-hydroxylation sites is 1. The highest BCUT2D eigenvalue weighted by molar-refractivity contribution is 6.21. The Bertz CT molecular complexity index is 968. The maximum atomic E-state index is 12.3. The number of imide groups is 1. The van der Waals surface area contributed by atoms with Crippen molar-refractivity contribution in [1.29, 1.82) is 0 Å². The average Bonchev–Trinajstić information content (AvgIpc) is 3.13. The van der Waals surface area contributed by atoms with Crippen LogP contribution in [0.3, 0.4) is 0 Å². The number of amides is 2. The fourth-order valence-corrected chi connectivity index (χ4v) is 3.98. The van der Waals surface area contributed by atoms with Crippen molar-refractivity contribution >= 4 is 22.7 Å². The third-order valence-corrected chi connectivity index (χ3v) is 5.41. The molecule has 2 aromatic carbocycles. The second-order valence-electron chi connectivity index (χ2n) is 7.22. The zero-order valence-corrected chi connectivity index (χ0v) is 15.6. The summed E-state index contributed by atoms with van der Waals surface area (Å²) in [5.41, 5.74) is 3.66. The van der Waals surface area contributed by atoms with Gasteiger partial charge in [-0.2, -0.15) is 0 Å². The van der Waals surface area contributed by atoms with Gasteiger partial charge < -0.3 is 4.57 Å². The minimum Gasteiger partial charge on any atom is -0.345 e. The van der Waals surface area contributed by atoms with Gasteiger partial charge >= 0.3 is 0 Å². The van der Waals surface area contributed by atoms with Crippen LogP contribution in [0.2, 0.25) is 0 Å². The molecule has 4 rings (SSSR count). The van der Waals surface area contributed by atoms with E-state index in [2.05, 4.69) is 41.8 Å². The van der Waals surface area contributed by atoms with Crippen molar-refractivity contribution in [3.8, 4) is 0 Å². The van der Waals surface area contributed by atoms with E-state index < -0.39 is 0 Å². The van der Waals surface area contributed by atoms with Crippen LogP contribution in [-0.4, -0.2) is 27.8 Å². The number of rotatable bonds is 7. The number of aryl methyl sites for hydroxylation is 2. The lowest BCUT2D eigenvalue weighted by Crippen LogP contribution is -2.30. The summed E-state index contributed by atoms with van der Waals surface area (Å²) in [5, 5.41) is 1.29. The molecule has 0 bridgehead atoms. The van der Waals surface area contributed by atoms with E-state index in [9.17, 15) is 9.59 Å². The van der Waals surface area contributed by atoms with Crippen LogP contribution in [0.25, 0.3) is 10.9 Å². The Morgan fingerprint density at radius 3 is 2.04 bits per heavy atom. The first-order valence-electron chi connectivity index (χ1n) is 9.67. The Morgan fingerprint density at radius 1 is 0.741 bits per heavy atom. The number of carbonyl (C=O) groups excluding carboxylic acids is 2. The summed E-state index contributed by atoms with van der Waals surface area (Å²) in [4.78, 5) is 26.1. The zero-order valence-electron chi connectivity index (χ0n) is 15.6. The van der Waals surface area contributed by atoms with Crippen molar-refractivity contribution in [1.82, 2.24) is 9.47 Å². The molecule has 1 aliphatic heterocycles. The first-order chi connectivity index (χ1) is 13.2. The molecule has 4 heteroatoms. The second-order valence-corrected chi connectivity index (χ2v) is 7.22. The number of hydrogen-bond donors (Lipinski definition) is 0. The molecule has 1 aromatic heterocycles. The first-order valence-corrected chi connectivity index (χ1v) is 9.67. The van der Waals surface area contributed by atoms with E-state index in [0.29, 0.717) is 17.7 Å². The van der Waals surface area contributed by atoms with Crippen LogP contribution in [0.15, 0.2) is 54.6 Å². The van der Waals surface area contributed by atoms with Gasteiger partial charge in [0.25, 0.3) is 11.8 Å². The summed E-state index contributed by atoms with van der Waals surface area (Å²) in [7, 11) is 0. The number of unbranched alkanes of at least 4 members (excludes halogenated alkanes) is 3. The highest BCUT2D eigenvalue weighted by Gasteiger charge is 2.34. The number of nitrogens with zero attached hydrogens (tertiary/aromatic N) is 2. The van der Waals surface area contributed by atoms with Gasteiger partial charge in [-0.05, 0) is 49.4 Å². The highest BCUT2D eigenvalue weighted by atomic mass is 16.2. The van der Waals surface area contributed by atoms with Gasteiger partial charge in [0.2, 0.25) is 0 Å². The molecule has 0 saturated heterocycles. The van der Waals surface area contributed by atoms with Gasteiger partial charge in [-0.1, -0.05) is 43.2 Å². The summed E-state index contributed by atoms with van der Waals surface area (Å²) in [6, 6.07) is 17.8. The molecule has 4 nitrogen and oxygen atoms in total. The van der Waals surface area contributed by atoms with Gasteiger partial charge in [0.05, 0.1) is 11.1 Å². The predicted molar refractivity (Wildman–Crippen MR) is 107 cm³/mol. The van der Waals surface area contributed by atoms with Crippen molar-refractivity contribution < 1.29 is 9.59 Å². The molecule has 0 radical (unpaired) electrons. The monoisotopic (exact) mass is 360 g/mol. The van der Waals surface area contributed by atoms with E-state index in [1.807, 2.05) is 0 Å². The number of hydrogen-bond acceptors (Lipinski definition) is 2. The summed E-state index contributed by atoms with van der Waals surface area (Å²) >= 11 is 0. The van der Waals surface area contributed by atoms with E-state index in [0.717, 1.165) is 32.2 Å². The Morgan fingerprint density at radius 2 is 1.33 bits per heavy atom. The number of fused-ring (bicyclic) bond motifs is 2. The normalized spacial score (nSPS) is 13.6. The van der Waals surface area contributed by atoms with Gasteiger partial charge in [-0.3, -0.25) is 14.5 Å². The van der Waals surface area contributed by atoms with Crippen LogP contribution in [0, 0.1) is 6.92 Å². The SMILES string of the molecule is Cc1cc2ccccc2n1CCCCCCN1C(=O)c2ccccc2C1=O. The minimum atomic E-state index is -0.148. The molecule has 0 aliphatic carbocycles. The lowest BCUT2D eigenvalue weighted by molar-refractivity contribution is 0.0651. The minimum absolute atomic E-state index is 0.148. The maximum Gasteiger partial charge on any atom is 0.261 e. The van der Waals surface area contributed by atoms with E-state index in [-0.39, 0.29) is 11.8 Å². The summed E-state index contributed by atoms with van der Waals surface area (Å²) in [5.74, 6) is -0.296. The van der Waals surface area contributed by atoms with Crippen molar-refractivity contribution in [2.45, 2.75) is 39.2 Å². The molecule has 0 saturated carbocycles. The maximum absolute atomic E-state index is 12.3. The molecule has 2 amide bonds. The molecule has 0 unspecified atom stereocenters. The Kier molecular flexibility index (Phi) is 4.80. The molecule has 27 heavy (non-hydrogen) atoms. The Balaban J connectivity index is 1.25. The fraction of sp³-hybridized carbons (Fsp3) is 0.304. The van der Waals surface area contributed by atoms with E-state index in [1.165, 1.54) is 21.5 Å². The van der Waals surface area contributed by atoms with E-state index in [1.54, 1.807) is 24.3 Å². The van der Waals surface area contributed by atoms with Crippen molar-refractivity contribution in [2.75, 3.05) is 6.54 Å². The molecule has 0 N–H and O–H groups in total. The van der Waals surface area contributed by atoms with Crippen LogP contribution < -0.4 is 0 Å². The van der Waals surface area contributed by atoms with Gasteiger partial charge in [0, 0.05) is 24.3 Å². The number of benzene rings is 2. The van der Waals surface area contributed by atoms with Crippen LogP contribution in [-0.2, 0) is 6.54 Å². The summed E-state index contributed by atoms with van der Waals surface area (Å²) < 4.78 is 2.37. The molecule has 0 fully saturated rings. The topological polar surface area (TPSA) is 42.3 Å². The van der Waals surface area contributed by atoms with Gasteiger partial charge in [0.1, 0.15) is 0 Å². The largest absolute Gasteiger partial charge is 0.345 e. The molecular weight excluding hydrogens is 336 g/mol. The van der Waals surface area contributed by atoms with Crippen molar-refractivity contribution in [3.05, 3.63) is 71.4 Å². The quantitative estimate of drug-likeness (QED) is 0.448. The van der Waals surface area contributed by atoms with Gasteiger partial charge in [-0.15, -0.1) is 0 Å². The molecule has 3 aromatic rings. The molecule has 2 heterocycles. The molecule has 138 valence electrons. The number of carbonyl (C=O) groups is 2. The van der Waals surface area contributed by atoms with Crippen LogP contribution in [0.4, 0.5) is 0 Å². The zero-order chi connectivity index (χ0) is 18.8. The average molecular weight is 360 g/mol. The second kappa shape index (κ2) is 7.39. The third-order valence-electron chi connectivity index (χ3n) is 5.41. The van der Waals surface area contributed by atoms with Gasteiger partial charge in [-0.25, -0.2) is 0 Å². The lowest BCUT2D eigenvalue weighted by Gasteiger charge is -2.13. The molecule has 1 aliphatic rings. The standard InChI is InChI=1S/C23H24N2O2/c1-17-16-18-10-4-7-13-21(18)24(17)14-8-2-3-9-15-25-22(26)19-11-5-6-12-20(19)23(25)27/h4-7,10-13,16H,2-3,8-9,14-15H2,1H3. The smallest absolute Gasteiger partial charge is 0.261 e. The van der Waals surface area contributed by atoms with Gasteiger partial charge in [0.15, 0.2) is 0 Å². The van der Waals surface area contributed by atoms with E-state index in [4.69, 9.17) is 0 Å². The predicted octanol–water partition coefficient (Wildman–Crippen LogP) is 4.81. The van der Waals surface area contributed by atoms with Crippen LogP contribution in [0.5, 0.6) is 0 Å². The van der Waals surface area contributed by atoms with Crippen LogP contribution in [0.1, 0.15) is 52.1 Å². The lowest BCUT2D eigenvalue weighted by atomic mass is 10.1. The first kappa shape index (κ1) is 17.5. The fourth-order valence-electron chi connectivity index (χ4n) is 3.98. The Hall–Kier alpha value is -2.88.